The number of amides is 1. The van der Waals surface area contributed by atoms with Crippen molar-refractivity contribution in [3.63, 3.8) is 0 Å². The van der Waals surface area contributed by atoms with Crippen LogP contribution in [0.1, 0.15) is 5.56 Å². The number of rotatable bonds is 7. The van der Waals surface area contributed by atoms with Gasteiger partial charge in [0.15, 0.2) is 0 Å². The number of hydrogen-bond donors (Lipinski definition) is 2. The Kier molecular flexibility index (Phi) is 5.99. The Hall–Kier alpha value is -0.910. The average molecular weight is 228 g/mol. The van der Waals surface area contributed by atoms with Gasteiger partial charge < -0.3 is 15.4 Å². The Balaban J connectivity index is 2.02. The molecule has 0 saturated heterocycles. The van der Waals surface area contributed by atoms with Gasteiger partial charge in [-0.25, -0.2) is 0 Å². The molecule has 0 saturated carbocycles. The molecule has 1 rings (SSSR count). The molecule has 0 bridgehead atoms. The predicted molar refractivity (Wildman–Crippen MR) is 60.9 cm³/mol. The summed E-state index contributed by atoms with van der Waals surface area (Å²) in [6.07, 6.45) is 0. The molecule has 1 amide bonds. The molecular weight excluding hydrogens is 212 g/mol. The molecule has 0 fully saturated rings. The predicted octanol–water partition coefficient (Wildman–Crippen LogP) is 0.600. The quantitative estimate of drug-likeness (QED) is 0.672. The maximum atomic E-state index is 11.2. The van der Waals surface area contributed by atoms with Crippen LogP contribution in [-0.2, 0) is 16.1 Å². The second-order valence-electron chi connectivity index (χ2n) is 3.08. The van der Waals surface area contributed by atoms with Crippen molar-refractivity contribution < 1.29 is 9.53 Å². The van der Waals surface area contributed by atoms with Crippen LogP contribution in [0.15, 0.2) is 16.8 Å². The van der Waals surface area contributed by atoms with E-state index in [1.807, 2.05) is 11.4 Å². The van der Waals surface area contributed by atoms with Gasteiger partial charge in [-0.05, 0) is 22.4 Å². The highest BCUT2D eigenvalue weighted by atomic mass is 32.1. The Morgan fingerprint density at radius 2 is 2.47 bits per heavy atom. The van der Waals surface area contributed by atoms with Crippen LogP contribution >= 0.6 is 11.3 Å². The molecule has 84 valence electrons. The SMILES string of the molecule is COCCNC(=O)CNCc1ccsc1. The molecule has 0 aliphatic carbocycles. The standard InChI is InChI=1S/C10H16N2O2S/c1-14-4-3-12-10(13)7-11-6-9-2-5-15-8-9/h2,5,8,11H,3-4,6-7H2,1H3,(H,12,13). The largest absolute Gasteiger partial charge is 0.383 e. The van der Waals surface area contributed by atoms with Crippen molar-refractivity contribution in [2.75, 3.05) is 26.8 Å². The average Bonchev–Trinajstić information content (AvgIpc) is 2.71. The van der Waals surface area contributed by atoms with Crippen molar-refractivity contribution in [1.82, 2.24) is 10.6 Å². The first-order valence-corrected chi connectivity index (χ1v) is 5.74. The van der Waals surface area contributed by atoms with Gasteiger partial charge in [0.25, 0.3) is 0 Å². The van der Waals surface area contributed by atoms with Crippen molar-refractivity contribution in [1.29, 1.82) is 0 Å². The first-order valence-electron chi connectivity index (χ1n) is 4.80. The number of carbonyl (C=O) groups is 1. The van der Waals surface area contributed by atoms with Gasteiger partial charge in [0.2, 0.25) is 5.91 Å². The summed E-state index contributed by atoms with van der Waals surface area (Å²) >= 11 is 1.66. The van der Waals surface area contributed by atoms with E-state index in [2.05, 4.69) is 16.0 Å². The third-order valence-corrected chi connectivity index (χ3v) is 2.56. The summed E-state index contributed by atoms with van der Waals surface area (Å²) in [6, 6.07) is 2.04. The van der Waals surface area contributed by atoms with Crippen molar-refractivity contribution >= 4 is 17.2 Å². The zero-order valence-corrected chi connectivity index (χ0v) is 9.60. The molecule has 0 aliphatic rings. The zero-order valence-electron chi connectivity index (χ0n) is 8.79. The topological polar surface area (TPSA) is 50.4 Å². The highest BCUT2D eigenvalue weighted by Gasteiger charge is 1.99. The van der Waals surface area contributed by atoms with Crippen LogP contribution in [0.2, 0.25) is 0 Å². The van der Waals surface area contributed by atoms with Gasteiger partial charge in [-0.2, -0.15) is 11.3 Å². The lowest BCUT2D eigenvalue weighted by Crippen LogP contribution is -2.35. The molecule has 0 unspecified atom stereocenters. The van der Waals surface area contributed by atoms with E-state index >= 15 is 0 Å². The van der Waals surface area contributed by atoms with Gasteiger partial charge >= 0.3 is 0 Å². The molecule has 0 spiro atoms. The normalized spacial score (nSPS) is 10.2. The van der Waals surface area contributed by atoms with E-state index in [1.165, 1.54) is 5.56 Å². The molecule has 15 heavy (non-hydrogen) atoms. The lowest BCUT2D eigenvalue weighted by Gasteiger charge is -2.05. The molecule has 0 atom stereocenters. The molecule has 0 aliphatic heterocycles. The van der Waals surface area contributed by atoms with E-state index < -0.39 is 0 Å². The fourth-order valence-electron chi connectivity index (χ4n) is 1.07. The minimum absolute atomic E-state index is 0.00211. The smallest absolute Gasteiger partial charge is 0.234 e. The lowest BCUT2D eigenvalue weighted by molar-refractivity contribution is -0.120. The summed E-state index contributed by atoms with van der Waals surface area (Å²) in [5.41, 5.74) is 1.21. The summed E-state index contributed by atoms with van der Waals surface area (Å²) in [7, 11) is 1.61. The van der Waals surface area contributed by atoms with Crippen molar-refractivity contribution in [2.24, 2.45) is 0 Å². The zero-order chi connectivity index (χ0) is 10.9. The molecule has 1 aromatic rings. The third-order valence-electron chi connectivity index (χ3n) is 1.82. The van der Waals surface area contributed by atoms with Crippen molar-refractivity contribution in [3.8, 4) is 0 Å². The van der Waals surface area contributed by atoms with Crippen LogP contribution in [0.3, 0.4) is 0 Å². The van der Waals surface area contributed by atoms with E-state index in [1.54, 1.807) is 18.4 Å². The van der Waals surface area contributed by atoms with Gasteiger partial charge in [-0.1, -0.05) is 0 Å². The minimum Gasteiger partial charge on any atom is -0.383 e. The maximum Gasteiger partial charge on any atom is 0.234 e. The summed E-state index contributed by atoms with van der Waals surface area (Å²) < 4.78 is 4.82. The first-order chi connectivity index (χ1) is 7.33. The summed E-state index contributed by atoms with van der Waals surface area (Å²) in [6.45, 7) is 2.20. The van der Waals surface area contributed by atoms with Crippen LogP contribution in [0.4, 0.5) is 0 Å². The summed E-state index contributed by atoms with van der Waals surface area (Å²) in [4.78, 5) is 11.2. The van der Waals surface area contributed by atoms with Crippen molar-refractivity contribution in [3.05, 3.63) is 22.4 Å². The van der Waals surface area contributed by atoms with E-state index in [0.29, 0.717) is 19.7 Å². The van der Waals surface area contributed by atoms with Gasteiger partial charge in [-0.15, -0.1) is 0 Å². The molecule has 0 aromatic carbocycles. The Labute approximate surface area is 93.6 Å². The number of ether oxygens (including phenoxy) is 1. The van der Waals surface area contributed by atoms with E-state index in [-0.39, 0.29) is 5.91 Å². The number of methoxy groups -OCH3 is 1. The molecule has 1 heterocycles. The van der Waals surface area contributed by atoms with Crippen LogP contribution in [-0.4, -0.2) is 32.7 Å². The van der Waals surface area contributed by atoms with E-state index in [0.717, 1.165) is 6.54 Å². The Morgan fingerprint density at radius 3 is 3.13 bits per heavy atom. The summed E-state index contributed by atoms with van der Waals surface area (Å²) in [5, 5.41) is 9.90. The Bertz CT molecular complexity index is 275. The van der Waals surface area contributed by atoms with Crippen LogP contribution in [0, 0.1) is 0 Å². The van der Waals surface area contributed by atoms with E-state index in [4.69, 9.17) is 4.74 Å². The second kappa shape index (κ2) is 7.39. The number of nitrogens with one attached hydrogen (secondary N) is 2. The molecule has 1 aromatic heterocycles. The molecule has 0 radical (unpaired) electrons. The van der Waals surface area contributed by atoms with Gasteiger partial charge in [0.05, 0.1) is 13.2 Å². The highest BCUT2D eigenvalue weighted by molar-refractivity contribution is 7.07. The summed E-state index contributed by atoms with van der Waals surface area (Å²) in [5.74, 6) is 0.00211. The monoisotopic (exact) mass is 228 g/mol. The Morgan fingerprint density at radius 1 is 1.60 bits per heavy atom. The fraction of sp³-hybridized carbons (Fsp3) is 0.500. The first kappa shape index (κ1) is 12.2. The molecular formula is C10H16N2O2S. The minimum atomic E-state index is 0.00211. The molecule has 5 heteroatoms. The lowest BCUT2D eigenvalue weighted by atomic mass is 10.3. The molecule has 2 N–H and O–H groups in total. The third kappa shape index (κ3) is 5.51. The second-order valence-corrected chi connectivity index (χ2v) is 3.86. The van der Waals surface area contributed by atoms with Crippen LogP contribution in [0.5, 0.6) is 0 Å². The maximum absolute atomic E-state index is 11.2. The van der Waals surface area contributed by atoms with Gasteiger partial charge in [-0.3, -0.25) is 4.79 Å². The highest BCUT2D eigenvalue weighted by Crippen LogP contribution is 2.04. The number of thiophene rings is 1. The van der Waals surface area contributed by atoms with Crippen molar-refractivity contribution in [2.45, 2.75) is 6.54 Å². The fourth-order valence-corrected chi connectivity index (χ4v) is 1.74. The number of hydrogen-bond acceptors (Lipinski definition) is 4. The van der Waals surface area contributed by atoms with Gasteiger partial charge in [0.1, 0.15) is 0 Å². The van der Waals surface area contributed by atoms with Crippen LogP contribution < -0.4 is 10.6 Å². The number of carbonyl (C=O) groups excluding carboxylic acids is 1. The molecule has 4 nitrogen and oxygen atoms in total. The van der Waals surface area contributed by atoms with Crippen LogP contribution in [0.25, 0.3) is 0 Å². The van der Waals surface area contributed by atoms with E-state index in [9.17, 15) is 4.79 Å². The van der Waals surface area contributed by atoms with Gasteiger partial charge in [0, 0.05) is 20.2 Å².